The first-order valence-electron chi connectivity index (χ1n) is 11.5. The first-order chi connectivity index (χ1) is 13.6. The van der Waals surface area contributed by atoms with E-state index in [1.807, 2.05) is 0 Å². The Morgan fingerprint density at radius 3 is 1.43 bits per heavy atom. The highest BCUT2D eigenvalue weighted by molar-refractivity contribution is 4.98. The third-order valence-corrected chi connectivity index (χ3v) is 7.43. The Kier molecular flexibility index (Phi) is 5.72. The Balaban J connectivity index is 1.29. The van der Waals surface area contributed by atoms with Crippen LogP contribution in [0, 0.1) is 17.8 Å². The third-order valence-electron chi connectivity index (χ3n) is 7.43. The van der Waals surface area contributed by atoms with Gasteiger partial charge in [-0.2, -0.15) is 0 Å². The molecule has 0 radical (unpaired) electrons. The molecule has 5 fully saturated rings. The molecule has 0 aromatic heterocycles. The van der Waals surface area contributed by atoms with Crippen molar-refractivity contribution in [3.05, 3.63) is 0 Å². The van der Waals surface area contributed by atoms with Crippen LogP contribution in [-0.2, 0) is 18.9 Å². The molecule has 8 atom stereocenters. The zero-order valence-corrected chi connectivity index (χ0v) is 17.8. The molecule has 0 N–H and O–H groups in total. The molecule has 0 aromatic carbocycles. The fourth-order valence-electron chi connectivity index (χ4n) is 5.46. The Morgan fingerprint density at radius 2 is 1.07 bits per heavy atom. The van der Waals surface area contributed by atoms with Crippen LogP contribution in [-0.4, -0.2) is 98.9 Å². The SMILES string of the molecule is CC(C)C1CC(N(CC2CO2)CC2CO2)C(C)CC1N(CC1CO1)CC1CO1. The molecule has 4 aliphatic heterocycles. The average molecular weight is 395 g/mol. The monoisotopic (exact) mass is 394 g/mol. The minimum atomic E-state index is 0.454. The molecule has 4 heterocycles. The van der Waals surface area contributed by atoms with E-state index < -0.39 is 0 Å². The normalized spacial score (nSPS) is 44.4. The van der Waals surface area contributed by atoms with Crippen LogP contribution in [0.3, 0.4) is 0 Å². The second-order valence-electron chi connectivity index (χ2n) is 10.2. The van der Waals surface area contributed by atoms with Crippen LogP contribution >= 0.6 is 0 Å². The van der Waals surface area contributed by atoms with E-state index in [4.69, 9.17) is 18.9 Å². The van der Waals surface area contributed by atoms with Crippen LogP contribution in [0.5, 0.6) is 0 Å². The van der Waals surface area contributed by atoms with Crippen molar-refractivity contribution in [3.63, 3.8) is 0 Å². The van der Waals surface area contributed by atoms with E-state index in [1.165, 1.54) is 12.8 Å². The topological polar surface area (TPSA) is 56.6 Å². The van der Waals surface area contributed by atoms with Gasteiger partial charge in [-0.1, -0.05) is 20.8 Å². The largest absolute Gasteiger partial charge is 0.372 e. The lowest BCUT2D eigenvalue weighted by Gasteiger charge is -2.49. The Hall–Kier alpha value is -0.240. The van der Waals surface area contributed by atoms with Gasteiger partial charge in [-0.15, -0.1) is 0 Å². The van der Waals surface area contributed by atoms with Gasteiger partial charge in [-0.25, -0.2) is 0 Å². The van der Waals surface area contributed by atoms with E-state index in [9.17, 15) is 0 Å². The summed E-state index contributed by atoms with van der Waals surface area (Å²) in [4.78, 5) is 5.44. The number of ether oxygens (including phenoxy) is 4. The van der Waals surface area contributed by atoms with E-state index in [0.717, 1.165) is 58.5 Å². The minimum absolute atomic E-state index is 0.454. The van der Waals surface area contributed by atoms with E-state index in [1.54, 1.807) is 0 Å². The quantitative estimate of drug-likeness (QED) is 0.497. The van der Waals surface area contributed by atoms with Gasteiger partial charge in [0.1, 0.15) is 0 Å². The third kappa shape index (κ3) is 5.08. The average Bonchev–Trinajstić information content (AvgIpc) is 3.50. The van der Waals surface area contributed by atoms with Gasteiger partial charge >= 0.3 is 0 Å². The van der Waals surface area contributed by atoms with Crippen LogP contribution in [0.2, 0.25) is 0 Å². The Morgan fingerprint density at radius 1 is 0.679 bits per heavy atom. The molecule has 8 unspecified atom stereocenters. The summed E-state index contributed by atoms with van der Waals surface area (Å²) in [6.45, 7) is 15.4. The second-order valence-corrected chi connectivity index (χ2v) is 10.2. The first kappa shape index (κ1) is 19.7. The van der Waals surface area contributed by atoms with E-state index >= 15 is 0 Å². The van der Waals surface area contributed by atoms with Crippen molar-refractivity contribution in [3.8, 4) is 0 Å². The maximum absolute atomic E-state index is 5.60. The second kappa shape index (κ2) is 8.12. The van der Waals surface area contributed by atoms with Crippen molar-refractivity contribution in [1.82, 2.24) is 9.80 Å². The summed E-state index contributed by atoms with van der Waals surface area (Å²) < 4.78 is 22.4. The molecule has 1 saturated carbocycles. The van der Waals surface area contributed by atoms with Crippen LogP contribution in [0.25, 0.3) is 0 Å². The molecule has 0 amide bonds. The highest BCUT2D eigenvalue weighted by Crippen LogP contribution is 2.40. The van der Waals surface area contributed by atoms with Gasteiger partial charge in [-0.05, 0) is 30.6 Å². The maximum Gasteiger partial charge on any atom is 0.0936 e. The van der Waals surface area contributed by atoms with Crippen LogP contribution in [0.15, 0.2) is 0 Å². The van der Waals surface area contributed by atoms with E-state index in [0.29, 0.717) is 48.3 Å². The first-order valence-corrected chi connectivity index (χ1v) is 11.5. The van der Waals surface area contributed by atoms with Crippen molar-refractivity contribution in [1.29, 1.82) is 0 Å². The molecule has 6 nitrogen and oxygen atoms in total. The lowest BCUT2D eigenvalue weighted by Crippen LogP contribution is -2.56. The molecule has 6 heteroatoms. The van der Waals surface area contributed by atoms with E-state index in [-0.39, 0.29) is 0 Å². The molecule has 1 aliphatic carbocycles. The minimum Gasteiger partial charge on any atom is -0.372 e. The van der Waals surface area contributed by atoms with E-state index in [2.05, 4.69) is 30.6 Å². The number of hydrogen-bond acceptors (Lipinski definition) is 6. The fraction of sp³-hybridized carbons (Fsp3) is 1.00. The molecule has 5 rings (SSSR count). The highest BCUT2D eigenvalue weighted by atomic mass is 16.6. The number of epoxide rings is 4. The molecule has 0 aromatic rings. The van der Waals surface area contributed by atoms with Crippen molar-refractivity contribution in [2.45, 2.75) is 70.1 Å². The Bertz CT molecular complexity index is 503. The number of rotatable bonds is 11. The lowest BCUT2D eigenvalue weighted by molar-refractivity contribution is -0.00600. The zero-order chi connectivity index (χ0) is 19.3. The van der Waals surface area contributed by atoms with Crippen molar-refractivity contribution < 1.29 is 18.9 Å². The molecule has 0 bridgehead atoms. The molecular formula is C22H38N2O4. The summed E-state index contributed by atoms with van der Waals surface area (Å²) in [5.74, 6) is 2.11. The summed E-state index contributed by atoms with van der Waals surface area (Å²) in [5, 5.41) is 0. The molecular weight excluding hydrogens is 356 g/mol. The van der Waals surface area contributed by atoms with Crippen molar-refractivity contribution >= 4 is 0 Å². The molecule has 4 saturated heterocycles. The zero-order valence-electron chi connectivity index (χ0n) is 17.8. The number of nitrogens with zero attached hydrogens (tertiary/aromatic N) is 2. The number of hydrogen-bond donors (Lipinski definition) is 0. The summed E-state index contributed by atoms with van der Waals surface area (Å²) in [6.07, 6.45) is 4.38. The molecule has 160 valence electrons. The van der Waals surface area contributed by atoms with Gasteiger partial charge in [0.05, 0.1) is 50.8 Å². The predicted octanol–water partition coefficient (Wildman–Crippen LogP) is 1.62. The van der Waals surface area contributed by atoms with Gasteiger partial charge in [0.25, 0.3) is 0 Å². The fourth-order valence-corrected chi connectivity index (χ4v) is 5.46. The van der Waals surface area contributed by atoms with Gasteiger partial charge in [-0.3, -0.25) is 9.80 Å². The summed E-state index contributed by atoms with van der Waals surface area (Å²) in [5.41, 5.74) is 0. The summed E-state index contributed by atoms with van der Waals surface area (Å²) in [6, 6.07) is 1.30. The van der Waals surface area contributed by atoms with Gasteiger partial charge in [0, 0.05) is 38.3 Å². The van der Waals surface area contributed by atoms with Crippen LogP contribution < -0.4 is 0 Å². The van der Waals surface area contributed by atoms with Crippen LogP contribution in [0.4, 0.5) is 0 Å². The van der Waals surface area contributed by atoms with Gasteiger partial charge in [0.15, 0.2) is 0 Å². The summed E-state index contributed by atoms with van der Waals surface area (Å²) in [7, 11) is 0. The molecule has 5 aliphatic rings. The van der Waals surface area contributed by atoms with Crippen molar-refractivity contribution in [2.75, 3.05) is 52.6 Å². The highest BCUT2D eigenvalue weighted by Gasteiger charge is 2.45. The standard InChI is InChI=1S/C22H38N2O4/c1-14(2)20-5-21(23(6-16-10-25-16)7-17-11-26-17)15(3)4-22(20)24(8-18-12-27-18)9-19-13-28-19/h14-22H,4-13H2,1-3H3. The molecule has 0 spiro atoms. The predicted molar refractivity (Wildman–Crippen MR) is 106 cm³/mol. The summed E-state index contributed by atoms with van der Waals surface area (Å²) >= 11 is 0. The lowest BCUT2D eigenvalue weighted by atomic mass is 9.70. The Labute approximate surface area is 169 Å². The van der Waals surface area contributed by atoms with Crippen molar-refractivity contribution in [2.24, 2.45) is 17.8 Å². The van der Waals surface area contributed by atoms with Gasteiger partial charge < -0.3 is 18.9 Å². The maximum atomic E-state index is 5.60. The van der Waals surface area contributed by atoms with Crippen LogP contribution in [0.1, 0.15) is 33.6 Å². The van der Waals surface area contributed by atoms with Gasteiger partial charge in [0.2, 0.25) is 0 Å². The smallest absolute Gasteiger partial charge is 0.0936 e. The molecule has 28 heavy (non-hydrogen) atoms.